The van der Waals surface area contributed by atoms with E-state index >= 15 is 0 Å². The summed E-state index contributed by atoms with van der Waals surface area (Å²) in [5, 5.41) is 8.76. The molecule has 2 nitrogen and oxygen atoms in total. The van der Waals surface area contributed by atoms with Crippen molar-refractivity contribution in [1.29, 1.82) is 0 Å². The number of carboxylic acids is 1. The third-order valence-corrected chi connectivity index (χ3v) is 4.18. The van der Waals surface area contributed by atoms with Crippen molar-refractivity contribution in [1.82, 2.24) is 0 Å². The molecule has 0 aliphatic heterocycles. The molecule has 0 heterocycles. The lowest BCUT2D eigenvalue weighted by atomic mass is 9.79. The molecule has 0 atom stereocenters. The highest BCUT2D eigenvalue weighted by Gasteiger charge is 2.20. The van der Waals surface area contributed by atoms with E-state index in [0.29, 0.717) is 0 Å². The van der Waals surface area contributed by atoms with E-state index in [4.69, 9.17) is 5.11 Å². The summed E-state index contributed by atoms with van der Waals surface area (Å²) in [5.74, 6) is -0.921. The van der Waals surface area contributed by atoms with Crippen LogP contribution in [0.15, 0.2) is 48.1 Å². The normalized spacial score (nSPS) is 14.2. The molecule has 0 spiro atoms. The standard InChI is InChI=1S/C23H32O2/c1-16(12-21(24)25)10-9-11-17(2)18-13-19(22(3,4)5)15-20(14-18)23(6,7)8/h9-15H,1-8H3,(H,24,25). The number of carboxylic acid groups (broad SMARTS) is 1. The Bertz CT molecular complexity index is 685. The van der Waals surface area contributed by atoms with E-state index in [-0.39, 0.29) is 10.8 Å². The zero-order valence-electron chi connectivity index (χ0n) is 16.9. The van der Waals surface area contributed by atoms with Gasteiger partial charge in [0, 0.05) is 6.08 Å². The van der Waals surface area contributed by atoms with Gasteiger partial charge in [-0.05, 0) is 52.5 Å². The first kappa shape index (κ1) is 21.0. The zero-order chi connectivity index (χ0) is 19.4. The fraction of sp³-hybridized carbons (Fsp3) is 0.435. The molecule has 1 aromatic rings. The van der Waals surface area contributed by atoms with Gasteiger partial charge in [0.25, 0.3) is 0 Å². The molecule has 1 rings (SSSR count). The first-order valence-electron chi connectivity index (χ1n) is 8.73. The van der Waals surface area contributed by atoms with Gasteiger partial charge in [-0.15, -0.1) is 0 Å². The van der Waals surface area contributed by atoms with Gasteiger partial charge in [0.15, 0.2) is 0 Å². The SMILES string of the molecule is CC(C=CC=C(C)c1cc(C(C)(C)C)cc(C(C)(C)C)c1)=CC(=O)O. The molecule has 0 saturated carbocycles. The molecule has 0 aliphatic carbocycles. The Kier molecular flexibility index (Phi) is 6.59. The molecule has 0 radical (unpaired) electrons. The average molecular weight is 341 g/mol. The van der Waals surface area contributed by atoms with E-state index in [2.05, 4.69) is 66.7 Å². The molecule has 0 amide bonds. The number of rotatable bonds is 4. The van der Waals surface area contributed by atoms with Gasteiger partial charge in [-0.1, -0.05) is 78.0 Å². The summed E-state index contributed by atoms with van der Waals surface area (Å²) >= 11 is 0. The number of aliphatic carboxylic acids is 1. The van der Waals surface area contributed by atoms with Crippen LogP contribution in [0.2, 0.25) is 0 Å². The highest BCUT2D eigenvalue weighted by molar-refractivity contribution is 5.81. The van der Waals surface area contributed by atoms with Crippen molar-refractivity contribution in [3.63, 3.8) is 0 Å². The molecule has 1 aromatic carbocycles. The van der Waals surface area contributed by atoms with Crippen LogP contribution in [-0.4, -0.2) is 11.1 Å². The zero-order valence-corrected chi connectivity index (χ0v) is 16.9. The Balaban J connectivity index is 3.29. The lowest BCUT2D eigenvalue weighted by Gasteiger charge is -2.26. The Morgan fingerprint density at radius 1 is 0.920 bits per heavy atom. The van der Waals surface area contributed by atoms with Crippen molar-refractivity contribution in [2.24, 2.45) is 0 Å². The van der Waals surface area contributed by atoms with E-state index in [0.717, 1.165) is 11.1 Å². The second-order valence-electron chi connectivity index (χ2n) is 8.73. The highest BCUT2D eigenvalue weighted by atomic mass is 16.4. The predicted octanol–water partition coefficient (Wildman–Crippen LogP) is 6.27. The van der Waals surface area contributed by atoms with Crippen LogP contribution in [0.5, 0.6) is 0 Å². The first-order chi connectivity index (χ1) is 11.3. The molecule has 136 valence electrons. The molecule has 0 unspecified atom stereocenters. The third-order valence-electron chi connectivity index (χ3n) is 4.18. The molecule has 25 heavy (non-hydrogen) atoms. The molecule has 0 fully saturated rings. The van der Waals surface area contributed by atoms with E-state index in [1.54, 1.807) is 6.92 Å². The lowest BCUT2D eigenvalue weighted by molar-refractivity contribution is -0.131. The largest absolute Gasteiger partial charge is 0.478 e. The Morgan fingerprint density at radius 3 is 1.80 bits per heavy atom. The van der Waals surface area contributed by atoms with Crippen molar-refractivity contribution in [3.8, 4) is 0 Å². The summed E-state index contributed by atoms with van der Waals surface area (Å²) in [6.45, 7) is 17.3. The number of hydrogen-bond donors (Lipinski definition) is 1. The van der Waals surface area contributed by atoms with Crippen LogP contribution >= 0.6 is 0 Å². The van der Waals surface area contributed by atoms with Gasteiger partial charge in [-0.2, -0.15) is 0 Å². The van der Waals surface area contributed by atoms with Gasteiger partial charge >= 0.3 is 5.97 Å². The van der Waals surface area contributed by atoms with Crippen LogP contribution in [0.3, 0.4) is 0 Å². The number of hydrogen-bond acceptors (Lipinski definition) is 1. The van der Waals surface area contributed by atoms with Gasteiger partial charge in [-0.25, -0.2) is 4.79 Å². The second-order valence-corrected chi connectivity index (χ2v) is 8.73. The van der Waals surface area contributed by atoms with Crippen LogP contribution in [0.4, 0.5) is 0 Å². The van der Waals surface area contributed by atoms with Crippen molar-refractivity contribution in [3.05, 3.63) is 64.8 Å². The topological polar surface area (TPSA) is 37.3 Å². The third kappa shape index (κ3) is 6.74. The van der Waals surface area contributed by atoms with E-state index in [1.165, 1.54) is 22.8 Å². The van der Waals surface area contributed by atoms with Crippen molar-refractivity contribution in [2.75, 3.05) is 0 Å². The van der Waals surface area contributed by atoms with Crippen molar-refractivity contribution >= 4 is 11.5 Å². The van der Waals surface area contributed by atoms with Gasteiger partial charge < -0.3 is 5.11 Å². The molecule has 1 N–H and O–H groups in total. The summed E-state index contributed by atoms with van der Waals surface area (Å²) < 4.78 is 0. The minimum Gasteiger partial charge on any atom is -0.478 e. The number of benzene rings is 1. The van der Waals surface area contributed by atoms with E-state index in [9.17, 15) is 4.79 Å². The molecule has 0 aliphatic rings. The molecule has 0 bridgehead atoms. The van der Waals surface area contributed by atoms with E-state index in [1.807, 2.05) is 18.2 Å². The predicted molar refractivity (Wildman–Crippen MR) is 108 cm³/mol. The molecule has 0 saturated heterocycles. The number of carbonyl (C=O) groups is 1. The lowest BCUT2D eigenvalue weighted by Crippen LogP contribution is -2.16. The van der Waals surface area contributed by atoms with Crippen LogP contribution in [0.25, 0.3) is 5.57 Å². The van der Waals surface area contributed by atoms with Crippen LogP contribution in [0, 0.1) is 0 Å². The highest BCUT2D eigenvalue weighted by Crippen LogP contribution is 2.32. The van der Waals surface area contributed by atoms with Gasteiger partial charge in [-0.3, -0.25) is 0 Å². The minimum atomic E-state index is -0.921. The monoisotopic (exact) mass is 340 g/mol. The van der Waals surface area contributed by atoms with Crippen molar-refractivity contribution in [2.45, 2.75) is 66.2 Å². The second kappa shape index (κ2) is 7.86. The summed E-state index contributed by atoms with van der Waals surface area (Å²) in [6.07, 6.45) is 6.96. The minimum absolute atomic E-state index is 0.0902. The molecule has 0 aromatic heterocycles. The fourth-order valence-corrected chi connectivity index (χ4v) is 2.40. The summed E-state index contributed by atoms with van der Waals surface area (Å²) in [7, 11) is 0. The first-order valence-corrected chi connectivity index (χ1v) is 8.73. The maximum absolute atomic E-state index is 10.7. The van der Waals surface area contributed by atoms with Gasteiger partial charge in [0.05, 0.1) is 0 Å². The molecule has 2 heteroatoms. The van der Waals surface area contributed by atoms with Crippen LogP contribution < -0.4 is 0 Å². The van der Waals surface area contributed by atoms with Crippen LogP contribution in [-0.2, 0) is 15.6 Å². The molecular formula is C23H32O2. The summed E-state index contributed by atoms with van der Waals surface area (Å²) in [4.78, 5) is 10.7. The Hall–Kier alpha value is -2.09. The summed E-state index contributed by atoms with van der Waals surface area (Å²) in [6, 6.07) is 6.83. The van der Waals surface area contributed by atoms with Gasteiger partial charge in [0.1, 0.15) is 0 Å². The fourth-order valence-electron chi connectivity index (χ4n) is 2.40. The maximum Gasteiger partial charge on any atom is 0.328 e. The average Bonchev–Trinajstić information content (AvgIpc) is 2.44. The quantitative estimate of drug-likeness (QED) is 0.518. The maximum atomic E-state index is 10.7. The number of allylic oxidation sites excluding steroid dienone is 5. The smallest absolute Gasteiger partial charge is 0.328 e. The molecular weight excluding hydrogens is 308 g/mol. The Labute approximate surface area is 153 Å². The van der Waals surface area contributed by atoms with E-state index < -0.39 is 5.97 Å². The Morgan fingerprint density at radius 2 is 1.40 bits per heavy atom. The van der Waals surface area contributed by atoms with Crippen molar-refractivity contribution < 1.29 is 9.90 Å². The van der Waals surface area contributed by atoms with Gasteiger partial charge in [0.2, 0.25) is 0 Å². The summed E-state index contributed by atoms with van der Waals surface area (Å²) in [5.41, 5.74) is 5.93. The van der Waals surface area contributed by atoms with Crippen LogP contribution in [0.1, 0.15) is 72.1 Å².